The molecule has 0 saturated carbocycles. The second-order valence-corrected chi connectivity index (χ2v) is 12.9. The van der Waals surface area contributed by atoms with Crippen LogP contribution < -0.4 is 10.6 Å². The van der Waals surface area contributed by atoms with E-state index in [1.54, 1.807) is 11.8 Å². The second kappa shape index (κ2) is 14.2. The molecule has 42 heavy (non-hydrogen) atoms. The SMILES string of the molecule is CC(C)(C)CN1C(=O)CSC(c2cccc3ccccc23)c2cc(Cl)ccc21.COC(=O)[C@@H](N)C(CC(=O)O)C(C)=O. The summed E-state index contributed by atoms with van der Waals surface area (Å²) in [6.45, 7) is 8.36. The molecular weight excluding hydrogens is 576 g/mol. The van der Waals surface area contributed by atoms with Crippen molar-refractivity contribution in [3.63, 3.8) is 0 Å². The number of carboxylic acid groups (broad SMARTS) is 1. The Hall–Kier alpha value is -3.40. The minimum Gasteiger partial charge on any atom is -0.481 e. The van der Waals surface area contributed by atoms with Gasteiger partial charge in [-0.2, -0.15) is 0 Å². The largest absolute Gasteiger partial charge is 0.481 e. The lowest BCUT2D eigenvalue weighted by Crippen LogP contribution is -2.43. The standard InChI is InChI=1S/C24H24ClNOS.C8H13NO5/c1-24(2,3)15-26-21-12-11-17(25)13-20(21)23(28-14-22(26)27)19-10-6-8-16-7-4-5-9-18(16)19;1-4(10)5(3-6(11)12)7(9)8(13)14-2/h4-13,23H,14-15H2,1-3H3;5,7H,3,9H2,1-2H3,(H,11,12)/t;5?,7-/m.0/s1. The normalized spacial score (nSPS) is 16.4. The van der Waals surface area contributed by atoms with Crippen LogP contribution in [0.25, 0.3) is 10.8 Å². The average Bonchev–Trinajstić information content (AvgIpc) is 3.05. The van der Waals surface area contributed by atoms with Crippen LogP contribution in [0.3, 0.4) is 0 Å². The summed E-state index contributed by atoms with van der Waals surface area (Å²) in [6, 6.07) is 19.6. The minimum atomic E-state index is -1.21. The summed E-state index contributed by atoms with van der Waals surface area (Å²) in [5.74, 6) is -2.82. The van der Waals surface area contributed by atoms with Gasteiger partial charge in [0.1, 0.15) is 11.8 Å². The van der Waals surface area contributed by atoms with Crippen LogP contribution in [0, 0.1) is 11.3 Å². The van der Waals surface area contributed by atoms with Crippen LogP contribution >= 0.6 is 23.4 Å². The first-order chi connectivity index (χ1) is 19.7. The van der Waals surface area contributed by atoms with Crippen molar-refractivity contribution in [2.75, 3.05) is 24.3 Å². The summed E-state index contributed by atoms with van der Waals surface area (Å²) in [7, 11) is 1.13. The maximum absolute atomic E-state index is 13.1. The topological polar surface area (TPSA) is 127 Å². The van der Waals surface area contributed by atoms with E-state index in [-0.39, 0.29) is 16.6 Å². The lowest BCUT2D eigenvalue weighted by atomic mass is 9.93. The quantitative estimate of drug-likeness (QED) is 0.317. The average molecular weight is 613 g/mol. The van der Waals surface area contributed by atoms with Crippen molar-refractivity contribution in [3.05, 3.63) is 76.8 Å². The molecule has 0 bridgehead atoms. The van der Waals surface area contributed by atoms with Gasteiger partial charge in [-0.15, -0.1) is 11.8 Å². The number of carbonyl (C=O) groups excluding carboxylic acids is 3. The predicted molar refractivity (Wildman–Crippen MR) is 168 cm³/mol. The van der Waals surface area contributed by atoms with Crippen LogP contribution in [-0.2, 0) is 23.9 Å². The summed E-state index contributed by atoms with van der Waals surface area (Å²) in [4.78, 5) is 47.3. The Kier molecular flexibility index (Phi) is 11.2. The lowest BCUT2D eigenvalue weighted by molar-refractivity contribution is -0.147. The third-order valence-corrected chi connectivity index (χ3v) is 8.29. The van der Waals surface area contributed by atoms with E-state index in [1.165, 1.54) is 23.3 Å². The lowest BCUT2D eigenvalue weighted by Gasteiger charge is -2.30. The molecule has 0 saturated heterocycles. The number of hydrogen-bond acceptors (Lipinski definition) is 7. The van der Waals surface area contributed by atoms with Crippen LogP contribution in [0.4, 0.5) is 5.69 Å². The van der Waals surface area contributed by atoms with Crippen molar-refractivity contribution >= 4 is 63.5 Å². The van der Waals surface area contributed by atoms with Gasteiger partial charge in [-0.25, -0.2) is 0 Å². The van der Waals surface area contributed by atoms with Gasteiger partial charge >= 0.3 is 11.9 Å². The summed E-state index contributed by atoms with van der Waals surface area (Å²) >= 11 is 8.10. The molecule has 224 valence electrons. The molecular formula is C32H37ClN2O6S. The maximum atomic E-state index is 13.1. The van der Waals surface area contributed by atoms with Gasteiger partial charge in [0.15, 0.2) is 0 Å². The zero-order valence-electron chi connectivity index (χ0n) is 24.4. The molecule has 1 aliphatic rings. The Morgan fingerprint density at radius 3 is 2.38 bits per heavy atom. The number of fused-ring (bicyclic) bond motifs is 2. The molecule has 3 aromatic carbocycles. The van der Waals surface area contributed by atoms with Gasteiger partial charge in [-0.05, 0) is 52.4 Å². The maximum Gasteiger partial charge on any atom is 0.323 e. The van der Waals surface area contributed by atoms with Crippen LogP contribution in [-0.4, -0.2) is 54.2 Å². The third kappa shape index (κ3) is 8.33. The van der Waals surface area contributed by atoms with E-state index < -0.39 is 36.1 Å². The second-order valence-electron chi connectivity index (χ2n) is 11.4. The number of hydrogen-bond donors (Lipinski definition) is 2. The number of rotatable bonds is 7. The molecule has 1 aliphatic heterocycles. The van der Waals surface area contributed by atoms with E-state index in [0.717, 1.165) is 18.4 Å². The fraction of sp³-hybridized carbons (Fsp3) is 0.375. The molecule has 1 heterocycles. The van der Waals surface area contributed by atoms with E-state index in [0.29, 0.717) is 17.3 Å². The molecule has 0 aromatic heterocycles. The van der Waals surface area contributed by atoms with Gasteiger partial charge < -0.3 is 20.5 Å². The van der Waals surface area contributed by atoms with E-state index in [4.69, 9.17) is 22.4 Å². The van der Waals surface area contributed by atoms with Crippen molar-refractivity contribution in [1.29, 1.82) is 0 Å². The first-order valence-corrected chi connectivity index (χ1v) is 14.9. The van der Waals surface area contributed by atoms with Gasteiger partial charge in [-0.3, -0.25) is 19.2 Å². The van der Waals surface area contributed by atoms with Crippen LogP contribution in [0.2, 0.25) is 5.02 Å². The summed E-state index contributed by atoms with van der Waals surface area (Å²) in [5, 5.41) is 11.7. The Labute approximate surface area is 255 Å². The van der Waals surface area contributed by atoms with Crippen molar-refractivity contribution in [2.24, 2.45) is 17.1 Å². The van der Waals surface area contributed by atoms with Gasteiger partial charge in [0.25, 0.3) is 0 Å². The Morgan fingerprint density at radius 2 is 1.76 bits per heavy atom. The number of halogens is 1. The number of ketones is 1. The molecule has 3 atom stereocenters. The van der Waals surface area contributed by atoms with Crippen molar-refractivity contribution in [3.8, 4) is 0 Å². The van der Waals surface area contributed by atoms with Crippen molar-refractivity contribution < 1.29 is 29.0 Å². The number of ether oxygens (including phenoxy) is 1. The number of aliphatic carboxylic acids is 1. The molecule has 0 aliphatic carbocycles. The number of nitrogens with zero attached hydrogens (tertiary/aromatic N) is 1. The number of nitrogens with two attached hydrogens (primary N) is 1. The summed E-state index contributed by atoms with van der Waals surface area (Å²) < 4.78 is 4.32. The molecule has 3 aromatic rings. The zero-order valence-corrected chi connectivity index (χ0v) is 26.0. The molecule has 4 rings (SSSR count). The highest BCUT2D eigenvalue weighted by Crippen LogP contribution is 2.46. The summed E-state index contributed by atoms with van der Waals surface area (Å²) in [6.07, 6.45) is -0.467. The highest BCUT2D eigenvalue weighted by atomic mass is 35.5. The number of benzene rings is 3. The molecule has 1 amide bonds. The number of methoxy groups -OCH3 is 1. The zero-order chi connectivity index (χ0) is 31.2. The van der Waals surface area contributed by atoms with Gasteiger partial charge in [0.05, 0.1) is 30.5 Å². The van der Waals surface area contributed by atoms with Crippen LogP contribution in [0.1, 0.15) is 50.5 Å². The Morgan fingerprint density at radius 1 is 1.10 bits per heavy atom. The molecule has 10 heteroatoms. The van der Waals surface area contributed by atoms with Crippen molar-refractivity contribution in [1.82, 2.24) is 0 Å². The highest BCUT2D eigenvalue weighted by Gasteiger charge is 2.33. The first kappa shape index (κ1) is 33.1. The number of thioether (sulfide) groups is 1. The molecule has 2 unspecified atom stereocenters. The molecule has 8 nitrogen and oxygen atoms in total. The number of carboxylic acids is 1. The monoisotopic (exact) mass is 612 g/mol. The number of amides is 1. The number of esters is 1. The number of carbonyl (C=O) groups is 4. The van der Waals surface area contributed by atoms with Crippen LogP contribution in [0.15, 0.2) is 60.7 Å². The van der Waals surface area contributed by atoms with Gasteiger partial charge in [-0.1, -0.05) is 74.8 Å². The van der Waals surface area contributed by atoms with Crippen molar-refractivity contribution in [2.45, 2.75) is 45.4 Å². The third-order valence-electron chi connectivity index (χ3n) is 6.80. The Balaban J connectivity index is 0.000000295. The van der Waals surface area contributed by atoms with Crippen LogP contribution in [0.5, 0.6) is 0 Å². The first-order valence-electron chi connectivity index (χ1n) is 13.5. The van der Waals surface area contributed by atoms with Gasteiger partial charge in [0, 0.05) is 17.3 Å². The molecule has 0 radical (unpaired) electrons. The number of Topliss-reactive ketones (excluding diaryl/α,β-unsaturated/α-hetero) is 1. The van der Waals surface area contributed by atoms with E-state index in [2.05, 4.69) is 68.0 Å². The number of anilines is 1. The van der Waals surface area contributed by atoms with E-state index >= 15 is 0 Å². The Bertz CT molecular complexity index is 1470. The minimum absolute atomic E-state index is 0.0104. The molecule has 3 N–H and O–H groups in total. The van der Waals surface area contributed by atoms with Gasteiger partial charge in [0.2, 0.25) is 5.91 Å². The smallest absolute Gasteiger partial charge is 0.323 e. The highest BCUT2D eigenvalue weighted by molar-refractivity contribution is 8.00. The fourth-order valence-electron chi connectivity index (χ4n) is 4.83. The van der Waals surface area contributed by atoms with E-state index in [9.17, 15) is 19.2 Å². The predicted octanol–water partition coefficient (Wildman–Crippen LogP) is 5.88. The van der Waals surface area contributed by atoms with E-state index in [1.807, 2.05) is 23.1 Å². The summed E-state index contributed by atoms with van der Waals surface area (Å²) in [5.41, 5.74) is 8.70. The molecule has 0 spiro atoms. The fourth-order valence-corrected chi connectivity index (χ4v) is 6.23. The molecule has 0 fully saturated rings.